The molecule has 0 heterocycles. The third kappa shape index (κ3) is 23.5. The lowest BCUT2D eigenvalue weighted by Crippen LogP contribution is -2.24. The van der Waals surface area contributed by atoms with E-state index in [2.05, 4.69) is 58.9 Å². The first-order chi connectivity index (χ1) is 24.8. The normalized spacial score (nSPS) is 11.6. The third-order valence-corrected chi connectivity index (χ3v) is 9.25. The van der Waals surface area contributed by atoms with Gasteiger partial charge in [0, 0.05) is 122 Å². The summed E-state index contributed by atoms with van der Waals surface area (Å²) in [6.45, 7) is 10.9. The summed E-state index contributed by atoms with van der Waals surface area (Å²) < 4.78 is 0. The van der Waals surface area contributed by atoms with E-state index in [9.17, 15) is 43.2 Å². The molecule has 0 bridgehead atoms. The van der Waals surface area contributed by atoms with Crippen molar-refractivity contribution in [3.05, 3.63) is 35.4 Å². The van der Waals surface area contributed by atoms with Crippen molar-refractivity contribution in [2.24, 2.45) is 5.41 Å². The van der Waals surface area contributed by atoms with Crippen molar-refractivity contribution in [1.29, 1.82) is 0 Å². The van der Waals surface area contributed by atoms with E-state index in [4.69, 9.17) is 5.11 Å². The molecule has 294 valence electrons. The molecule has 0 aliphatic rings. The van der Waals surface area contributed by atoms with Crippen molar-refractivity contribution < 1.29 is 48.3 Å². The molecular weight excluding hydrogens is 676 g/mol. The molecule has 0 aliphatic carbocycles. The highest BCUT2D eigenvalue weighted by atomic mass is 16.3. The highest BCUT2D eigenvalue weighted by Gasteiger charge is 2.27. The summed E-state index contributed by atoms with van der Waals surface area (Å²) in [5, 5.41) is 8.71. The first kappa shape index (κ1) is 47.2. The summed E-state index contributed by atoms with van der Waals surface area (Å²) in [5.74, 6) is -1.86. The first-order valence-electron chi connectivity index (χ1n) is 19.1. The molecule has 0 aliphatic heterocycles. The van der Waals surface area contributed by atoms with Gasteiger partial charge >= 0.3 is 0 Å². The van der Waals surface area contributed by atoms with Crippen molar-refractivity contribution >= 4 is 52.0 Å². The summed E-state index contributed by atoms with van der Waals surface area (Å²) in [6.07, 6.45) is 1.98. The molecule has 0 aromatic heterocycles. The molecule has 0 unspecified atom stereocenters. The Bertz CT molecular complexity index is 1430. The highest BCUT2D eigenvalue weighted by molar-refractivity contribution is 5.93. The zero-order chi connectivity index (χ0) is 40.0. The molecule has 0 amide bonds. The number of hydrogen-bond donors (Lipinski definition) is 1. The van der Waals surface area contributed by atoms with Crippen molar-refractivity contribution in [2.75, 3.05) is 6.61 Å². The maximum absolute atomic E-state index is 12.4. The van der Waals surface area contributed by atoms with Crippen molar-refractivity contribution in [3.8, 4) is 0 Å². The standard InChI is InChI=1S/C43H62O10/c1-42(2,3)30-43(4,5)32-9-6-31(7-10-32)8-11-33(45)12-13-34(46)14-15-35(47)16-17-36(48)18-19-37(49)20-21-38(50)22-23-39(51)24-25-40(52)26-27-41(53)28-29-44/h6-7,9-10,44H,8,11-30H2,1-5H3. The highest BCUT2D eigenvalue weighted by Crippen LogP contribution is 2.36. The molecule has 0 fully saturated rings. The number of benzene rings is 1. The van der Waals surface area contributed by atoms with Crippen LogP contribution in [0.2, 0.25) is 0 Å². The molecule has 1 aromatic rings. The number of ketones is 9. The second kappa shape index (κ2) is 24.5. The Balaban J connectivity index is 2.17. The number of aliphatic hydroxyl groups is 1. The number of aryl methyl sites for hydroxylation is 1. The fourth-order valence-electron chi connectivity index (χ4n) is 6.31. The lowest BCUT2D eigenvalue weighted by Gasteiger charge is -2.33. The van der Waals surface area contributed by atoms with Crippen LogP contribution in [0.4, 0.5) is 0 Å². The third-order valence-electron chi connectivity index (χ3n) is 9.25. The van der Waals surface area contributed by atoms with Gasteiger partial charge < -0.3 is 5.11 Å². The SMILES string of the molecule is CC(C)(C)CC(C)(C)c1ccc(CCC(=O)CCC(=O)CCC(=O)CCC(=O)CCC(=O)CCC(=O)CCC(=O)CCC(=O)CCC(=O)CCO)cc1. The van der Waals surface area contributed by atoms with Gasteiger partial charge in [-0.1, -0.05) is 58.9 Å². The van der Waals surface area contributed by atoms with E-state index in [1.54, 1.807) is 0 Å². The summed E-state index contributed by atoms with van der Waals surface area (Å²) in [4.78, 5) is 109. The van der Waals surface area contributed by atoms with Crippen LogP contribution in [0.15, 0.2) is 24.3 Å². The summed E-state index contributed by atoms with van der Waals surface area (Å²) >= 11 is 0. The maximum atomic E-state index is 12.4. The molecule has 10 heteroatoms. The molecule has 1 N–H and O–H groups in total. The van der Waals surface area contributed by atoms with E-state index in [0.717, 1.165) is 12.0 Å². The van der Waals surface area contributed by atoms with Gasteiger partial charge in [0.1, 0.15) is 52.0 Å². The van der Waals surface area contributed by atoms with Gasteiger partial charge in [-0.3, -0.25) is 43.2 Å². The number of aliphatic hydroxyl groups excluding tert-OH is 1. The van der Waals surface area contributed by atoms with Crippen LogP contribution in [0.1, 0.15) is 168 Å². The Morgan fingerprint density at radius 3 is 0.887 bits per heavy atom. The predicted molar refractivity (Wildman–Crippen MR) is 202 cm³/mol. The first-order valence-corrected chi connectivity index (χ1v) is 19.1. The summed E-state index contributed by atoms with van der Waals surface area (Å²) in [5.41, 5.74) is 2.60. The van der Waals surface area contributed by atoms with Gasteiger partial charge in [0.2, 0.25) is 0 Å². The molecule has 0 spiro atoms. The Morgan fingerprint density at radius 2 is 0.642 bits per heavy atom. The van der Waals surface area contributed by atoms with Crippen LogP contribution < -0.4 is 0 Å². The van der Waals surface area contributed by atoms with Crippen LogP contribution >= 0.6 is 0 Å². The van der Waals surface area contributed by atoms with Gasteiger partial charge in [-0.25, -0.2) is 0 Å². The topological polar surface area (TPSA) is 174 Å². The fraction of sp³-hybridized carbons (Fsp3) is 0.651. The van der Waals surface area contributed by atoms with Crippen LogP contribution in [0.5, 0.6) is 0 Å². The Kier molecular flexibility index (Phi) is 21.8. The van der Waals surface area contributed by atoms with Gasteiger partial charge in [-0.05, 0) is 34.8 Å². The summed E-state index contributed by atoms with van der Waals surface area (Å²) in [6, 6.07) is 8.40. The van der Waals surface area contributed by atoms with Gasteiger partial charge in [-0.2, -0.15) is 0 Å². The molecule has 1 aromatic carbocycles. The fourth-order valence-corrected chi connectivity index (χ4v) is 6.31. The lowest BCUT2D eigenvalue weighted by atomic mass is 9.72. The van der Waals surface area contributed by atoms with Crippen LogP contribution in [0.25, 0.3) is 0 Å². The average Bonchev–Trinajstić information content (AvgIpc) is 3.09. The van der Waals surface area contributed by atoms with Gasteiger partial charge in [0.05, 0.1) is 0 Å². The summed E-state index contributed by atoms with van der Waals surface area (Å²) in [7, 11) is 0. The largest absolute Gasteiger partial charge is 0.396 e. The smallest absolute Gasteiger partial charge is 0.135 e. The van der Waals surface area contributed by atoms with Crippen LogP contribution in [-0.4, -0.2) is 63.8 Å². The van der Waals surface area contributed by atoms with Crippen LogP contribution in [0, 0.1) is 5.41 Å². The van der Waals surface area contributed by atoms with Crippen molar-refractivity contribution in [2.45, 2.75) is 168 Å². The molecule has 10 nitrogen and oxygen atoms in total. The molecular formula is C43H62O10. The number of Topliss-reactive ketones (excluding diaryl/α,β-unsaturated/α-hetero) is 9. The minimum atomic E-state index is -0.265. The second-order valence-corrected chi connectivity index (χ2v) is 16.1. The van der Waals surface area contributed by atoms with E-state index in [1.807, 2.05) is 0 Å². The lowest BCUT2D eigenvalue weighted by molar-refractivity contribution is -0.128. The van der Waals surface area contributed by atoms with E-state index in [0.29, 0.717) is 12.8 Å². The van der Waals surface area contributed by atoms with Gasteiger partial charge in [-0.15, -0.1) is 0 Å². The number of rotatable bonds is 31. The zero-order valence-corrected chi connectivity index (χ0v) is 32.8. The second-order valence-electron chi connectivity index (χ2n) is 16.1. The van der Waals surface area contributed by atoms with Crippen molar-refractivity contribution in [3.63, 3.8) is 0 Å². The molecule has 0 saturated carbocycles. The minimum absolute atomic E-state index is 0.000209. The predicted octanol–water partition coefficient (Wildman–Crippen LogP) is 7.08. The van der Waals surface area contributed by atoms with E-state index >= 15 is 0 Å². The molecule has 0 radical (unpaired) electrons. The quantitative estimate of drug-likeness (QED) is 0.0829. The number of hydrogen-bond acceptors (Lipinski definition) is 10. The van der Waals surface area contributed by atoms with Gasteiger partial charge in [0.25, 0.3) is 0 Å². The molecule has 0 atom stereocenters. The van der Waals surface area contributed by atoms with Crippen molar-refractivity contribution in [1.82, 2.24) is 0 Å². The van der Waals surface area contributed by atoms with Crippen LogP contribution in [-0.2, 0) is 55.0 Å². The Hall–Kier alpha value is -3.79. The number of carbonyl (C=O) groups is 9. The molecule has 0 saturated heterocycles. The monoisotopic (exact) mass is 738 g/mol. The van der Waals surface area contributed by atoms with Crippen LogP contribution in [0.3, 0.4) is 0 Å². The maximum Gasteiger partial charge on any atom is 0.135 e. The van der Waals surface area contributed by atoms with Gasteiger partial charge in [0.15, 0.2) is 0 Å². The Morgan fingerprint density at radius 1 is 0.396 bits per heavy atom. The minimum Gasteiger partial charge on any atom is -0.396 e. The van der Waals surface area contributed by atoms with E-state index < -0.39 is 0 Å². The van der Waals surface area contributed by atoms with E-state index in [-0.39, 0.29) is 179 Å². The number of carbonyl (C=O) groups excluding carboxylic acids is 9. The Labute approximate surface area is 315 Å². The zero-order valence-electron chi connectivity index (χ0n) is 32.8. The van der Waals surface area contributed by atoms with E-state index in [1.165, 1.54) is 5.56 Å². The average molecular weight is 739 g/mol. The molecule has 1 rings (SSSR count). The molecule has 53 heavy (non-hydrogen) atoms.